The Kier molecular flexibility index (Phi) is 7.50. The molecule has 4 nitrogen and oxygen atoms in total. The van der Waals surface area contributed by atoms with Gasteiger partial charge in [-0.1, -0.05) is 43.0 Å². The van der Waals surface area contributed by atoms with Gasteiger partial charge >= 0.3 is 0 Å². The highest BCUT2D eigenvalue weighted by atomic mass is 79.9. The lowest BCUT2D eigenvalue weighted by Crippen LogP contribution is -2.31. The minimum absolute atomic E-state index is 0.0936. The van der Waals surface area contributed by atoms with Gasteiger partial charge in [0.15, 0.2) is 11.5 Å². The van der Waals surface area contributed by atoms with Crippen molar-refractivity contribution < 1.29 is 14.6 Å². The third kappa shape index (κ3) is 5.33. The maximum atomic E-state index is 10.4. The summed E-state index contributed by atoms with van der Waals surface area (Å²) < 4.78 is 11.9. The van der Waals surface area contributed by atoms with Gasteiger partial charge in [-0.25, -0.2) is 0 Å². The molecule has 0 spiro atoms. The summed E-state index contributed by atoms with van der Waals surface area (Å²) in [7, 11) is 1.61. The van der Waals surface area contributed by atoms with Crippen LogP contribution in [0.2, 0.25) is 0 Å². The van der Waals surface area contributed by atoms with Crippen LogP contribution >= 0.6 is 15.9 Å². The molecule has 0 radical (unpaired) electrons. The average Bonchev–Trinajstić information content (AvgIpc) is 2.64. The molecule has 0 aromatic heterocycles. The predicted molar refractivity (Wildman–Crippen MR) is 104 cm³/mol. The zero-order chi connectivity index (χ0) is 18.2. The standard InChI is InChI=1S/C20H24BrNO3/c1-4-10-25-20-17(21)11-15(12-18(20)24-3)13-22-14(2)19(23)16-8-6-5-7-9-16/h4-9,11-12,14,19,22-23H,1,10,13H2,2-3H3/t14-,19-/m1/s1. The Morgan fingerprint density at radius 1 is 1.28 bits per heavy atom. The fourth-order valence-corrected chi connectivity index (χ4v) is 3.09. The van der Waals surface area contributed by atoms with Crippen LogP contribution in [0.5, 0.6) is 11.5 Å². The molecule has 0 aliphatic carbocycles. The first-order valence-electron chi connectivity index (χ1n) is 8.13. The highest BCUT2D eigenvalue weighted by Crippen LogP contribution is 2.36. The SMILES string of the molecule is C=CCOc1c(Br)cc(CN[C@H](C)[C@@H](O)c2ccccc2)cc1OC. The molecule has 0 aliphatic heterocycles. The molecule has 2 rings (SSSR count). The quantitative estimate of drug-likeness (QED) is 0.612. The summed E-state index contributed by atoms with van der Waals surface area (Å²) in [6.45, 7) is 6.63. The van der Waals surface area contributed by atoms with Crippen molar-refractivity contribution in [2.45, 2.75) is 25.6 Å². The average molecular weight is 406 g/mol. The molecule has 25 heavy (non-hydrogen) atoms. The summed E-state index contributed by atoms with van der Waals surface area (Å²) in [6, 6.07) is 13.5. The molecule has 0 bridgehead atoms. The lowest BCUT2D eigenvalue weighted by atomic mass is 10.0. The molecule has 0 aliphatic rings. The fraction of sp³-hybridized carbons (Fsp3) is 0.300. The van der Waals surface area contributed by atoms with Gasteiger partial charge in [-0.15, -0.1) is 0 Å². The molecular weight excluding hydrogens is 382 g/mol. The fourth-order valence-electron chi connectivity index (χ4n) is 2.49. The van der Waals surface area contributed by atoms with Gasteiger partial charge in [-0.3, -0.25) is 0 Å². The number of halogens is 1. The molecule has 5 heteroatoms. The maximum absolute atomic E-state index is 10.4. The normalized spacial score (nSPS) is 13.1. The van der Waals surface area contributed by atoms with Crippen LogP contribution in [-0.4, -0.2) is 24.9 Å². The summed E-state index contributed by atoms with van der Waals surface area (Å²) in [6.07, 6.45) is 1.12. The summed E-state index contributed by atoms with van der Waals surface area (Å²) in [5, 5.41) is 13.8. The second-order valence-electron chi connectivity index (χ2n) is 5.73. The van der Waals surface area contributed by atoms with E-state index in [1.54, 1.807) is 13.2 Å². The maximum Gasteiger partial charge on any atom is 0.175 e. The number of benzene rings is 2. The molecule has 2 aromatic carbocycles. The van der Waals surface area contributed by atoms with Gasteiger partial charge in [0.1, 0.15) is 6.61 Å². The molecule has 2 N–H and O–H groups in total. The first kappa shape index (κ1) is 19.5. The van der Waals surface area contributed by atoms with Gasteiger partial charge in [0.2, 0.25) is 0 Å². The minimum Gasteiger partial charge on any atom is -0.493 e. The second-order valence-corrected chi connectivity index (χ2v) is 6.59. The molecule has 0 saturated heterocycles. The van der Waals surface area contributed by atoms with Crippen LogP contribution in [0.15, 0.2) is 59.6 Å². The summed E-state index contributed by atoms with van der Waals surface area (Å²) in [4.78, 5) is 0. The number of ether oxygens (including phenoxy) is 2. The van der Waals surface area contributed by atoms with Crippen LogP contribution < -0.4 is 14.8 Å². The van der Waals surface area contributed by atoms with E-state index in [-0.39, 0.29) is 6.04 Å². The van der Waals surface area contributed by atoms with Crippen LogP contribution in [-0.2, 0) is 6.54 Å². The van der Waals surface area contributed by atoms with E-state index >= 15 is 0 Å². The molecule has 0 amide bonds. The van der Waals surface area contributed by atoms with Crippen molar-refractivity contribution in [3.05, 3.63) is 70.7 Å². The van der Waals surface area contributed by atoms with Crippen molar-refractivity contribution in [2.24, 2.45) is 0 Å². The molecule has 0 fully saturated rings. The predicted octanol–water partition coefficient (Wildman–Crippen LogP) is 4.23. The molecule has 0 heterocycles. The highest BCUT2D eigenvalue weighted by Gasteiger charge is 2.16. The van der Waals surface area contributed by atoms with E-state index in [9.17, 15) is 5.11 Å². The molecule has 0 unspecified atom stereocenters. The van der Waals surface area contributed by atoms with Crippen molar-refractivity contribution >= 4 is 15.9 Å². The van der Waals surface area contributed by atoms with Gasteiger partial charge < -0.3 is 19.9 Å². The van der Waals surface area contributed by atoms with Crippen molar-refractivity contribution in [3.63, 3.8) is 0 Å². The zero-order valence-electron chi connectivity index (χ0n) is 14.5. The Labute approximate surface area is 157 Å². The number of aliphatic hydroxyl groups is 1. The third-order valence-corrected chi connectivity index (χ3v) is 4.47. The third-order valence-electron chi connectivity index (χ3n) is 3.88. The van der Waals surface area contributed by atoms with Crippen LogP contribution in [0.1, 0.15) is 24.2 Å². The summed E-state index contributed by atoms with van der Waals surface area (Å²) in [5.41, 5.74) is 1.93. The number of methoxy groups -OCH3 is 1. The van der Waals surface area contributed by atoms with Crippen molar-refractivity contribution in [1.29, 1.82) is 0 Å². The minimum atomic E-state index is -0.568. The van der Waals surface area contributed by atoms with Crippen molar-refractivity contribution in [2.75, 3.05) is 13.7 Å². The Morgan fingerprint density at radius 3 is 2.64 bits per heavy atom. The lowest BCUT2D eigenvalue weighted by Gasteiger charge is -2.21. The van der Waals surface area contributed by atoms with Gasteiger partial charge in [-0.05, 0) is 46.1 Å². The molecule has 0 saturated carbocycles. The number of nitrogens with one attached hydrogen (secondary N) is 1. The first-order chi connectivity index (χ1) is 12.1. The van der Waals surface area contributed by atoms with E-state index in [0.29, 0.717) is 24.7 Å². The molecule has 134 valence electrons. The number of hydrogen-bond acceptors (Lipinski definition) is 4. The van der Waals surface area contributed by atoms with Crippen LogP contribution in [0.25, 0.3) is 0 Å². The molecular formula is C20H24BrNO3. The van der Waals surface area contributed by atoms with Gasteiger partial charge in [0, 0.05) is 12.6 Å². The van der Waals surface area contributed by atoms with Crippen LogP contribution in [0.4, 0.5) is 0 Å². The Bertz CT molecular complexity index is 691. The van der Waals surface area contributed by atoms with E-state index in [1.165, 1.54) is 0 Å². The zero-order valence-corrected chi connectivity index (χ0v) is 16.1. The first-order valence-corrected chi connectivity index (χ1v) is 8.92. The summed E-state index contributed by atoms with van der Waals surface area (Å²) >= 11 is 3.53. The highest BCUT2D eigenvalue weighted by molar-refractivity contribution is 9.10. The van der Waals surface area contributed by atoms with Crippen LogP contribution in [0.3, 0.4) is 0 Å². The Morgan fingerprint density at radius 2 is 2.00 bits per heavy atom. The monoisotopic (exact) mass is 405 g/mol. The lowest BCUT2D eigenvalue weighted by molar-refractivity contribution is 0.135. The number of aliphatic hydroxyl groups excluding tert-OH is 1. The number of rotatable bonds is 9. The topological polar surface area (TPSA) is 50.7 Å². The van der Waals surface area contributed by atoms with Gasteiger partial charge in [0.25, 0.3) is 0 Å². The second kappa shape index (κ2) is 9.61. The number of hydrogen-bond donors (Lipinski definition) is 2. The summed E-state index contributed by atoms with van der Waals surface area (Å²) in [5.74, 6) is 1.31. The Balaban J connectivity index is 2.05. The van der Waals surface area contributed by atoms with E-state index in [1.807, 2.05) is 49.4 Å². The smallest absolute Gasteiger partial charge is 0.175 e. The van der Waals surface area contributed by atoms with Crippen LogP contribution in [0, 0.1) is 0 Å². The molecule has 2 aromatic rings. The van der Waals surface area contributed by atoms with E-state index < -0.39 is 6.10 Å². The van der Waals surface area contributed by atoms with Crippen molar-refractivity contribution in [1.82, 2.24) is 5.32 Å². The Hall–Kier alpha value is -1.82. The van der Waals surface area contributed by atoms with Gasteiger partial charge in [-0.2, -0.15) is 0 Å². The van der Waals surface area contributed by atoms with E-state index in [4.69, 9.17) is 9.47 Å². The van der Waals surface area contributed by atoms with E-state index in [0.717, 1.165) is 15.6 Å². The van der Waals surface area contributed by atoms with Crippen molar-refractivity contribution in [3.8, 4) is 11.5 Å². The van der Waals surface area contributed by atoms with Gasteiger partial charge in [0.05, 0.1) is 17.7 Å². The van der Waals surface area contributed by atoms with E-state index in [2.05, 4.69) is 27.8 Å². The molecule has 2 atom stereocenters. The largest absolute Gasteiger partial charge is 0.493 e.